The number of aryl methyl sites for hydroxylation is 1. The molecule has 5 nitrogen and oxygen atoms in total. The van der Waals surface area contributed by atoms with E-state index >= 15 is 0 Å². The number of esters is 1. The molecule has 0 bridgehead atoms. The van der Waals surface area contributed by atoms with E-state index in [0.717, 1.165) is 12.8 Å². The fourth-order valence-electron chi connectivity index (χ4n) is 1.38. The Bertz CT molecular complexity index is 537. The van der Waals surface area contributed by atoms with Crippen LogP contribution in [-0.2, 0) is 14.8 Å². The fourth-order valence-corrected chi connectivity index (χ4v) is 1.92. The molecule has 0 aliphatic carbocycles. The highest BCUT2D eigenvalue weighted by molar-refractivity contribution is 7.89. The first kappa shape index (κ1) is 14.7. The molecular formula is C12H17NO4S. The Balaban J connectivity index is 2.97. The Labute approximate surface area is 107 Å². The second kappa shape index (κ2) is 5.97. The molecule has 0 heterocycles. The van der Waals surface area contributed by atoms with Crippen molar-refractivity contribution in [2.45, 2.75) is 31.6 Å². The Morgan fingerprint density at radius 2 is 2.06 bits per heavy atom. The summed E-state index contributed by atoms with van der Waals surface area (Å²) in [5.41, 5.74) is 0.890. The molecular weight excluding hydrogens is 254 g/mol. The number of nitrogens with two attached hydrogens (primary N) is 1. The van der Waals surface area contributed by atoms with E-state index in [1.54, 1.807) is 6.92 Å². The number of rotatable bonds is 5. The van der Waals surface area contributed by atoms with Crippen molar-refractivity contribution in [1.29, 1.82) is 0 Å². The Kier molecular flexibility index (Phi) is 4.86. The molecule has 0 unspecified atom stereocenters. The van der Waals surface area contributed by atoms with E-state index in [-0.39, 0.29) is 10.5 Å². The van der Waals surface area contributed by atoms with Crippen molar-refractivity contribution in [3.63, 3.8) is 0 Å². The molecule has 6 heteroatoms. The van der Waals surface area contributed by atoms with E-state index < -0.39 is 16.0 Å². The summed E-state index contributed by atoms with van der Waals surface area (Å²) in [6.45, 7) is 4.03. The summed E-state index contributed by atoms with van der Waals surface area (Å²) in [6.07, 6.45) is 1.70. The fraction of sp³-hybridized carbons (Fsp3) is 0.417. The third-order valence-corrected chi connectivity index (χ3v) is 3.40. The molecule has 0 saturated heterocycles. The molecule has 0 aliphatic heterocycles. The van der Waals surface area contributed by atoms with E-state index in [4.69, 9.17) is 9.88 Å². The Hall–Kier alpha value is -1.40. The van der Waals surface area contributed by atoms with Crippen LogP contribution in [0.3, 0.4) is 0 Å². The number of unbranched alkanes of at least 4 members (excludes halogenated alkanes) is 1. The summed E-state index contributed by atoms with van der Waals surface area (Å²) >= 11 is 0. The molecule has 1 aromatic carbocycles. The lowest BCUT2D eigenvalue weighted by atomic mass is 10.1. The van der Waals surface area contributed by atoms with E-state index in [1.807, 2.05) is 6.92 Å². The summed E-state index contributed by atoms with van der Waals surface area (Å²) in [4.78, 5) is 11.7. The van der Waals surface area contributed by atoms with Gasteiger partial charge in [-0.25, -0.2) is 18.4 Å². The summed E-state index contributed by atoms with van der Waals surface area (Å²) in [6, 6.07) is 4.16. The van der Waals surface area contributed by atoms with Crippen molar-refractivity contribution < 1.29 is 17.9 Å². The minimum absolute atomic E-state index is 0.0875. The van der Waals surface area contributed by atoms with Gasteiger partial charge >= 0.3 is 5.97 Å². The number of primary sulfonamides is 1. The molecule has 0 amide bonds. The zero-order valence-corrected chi connectivity index (χ0v) is 11.3. The van der Waals surface area contributed by atoms with Crippen molar-refractivity contribution in [1.82, 2.24) is 0 Å². The maximum absolute atomic E-state index is 11.8. The van der Waals surface area contributed by atoms with Crippen LogP contribution in [-0.4, -0.2) is 21.0 Å². The monoisotopic (exact) mass is 271 g/mol. The number of carbonyl (C=O) groups excluding carboxylic acids is 1. The zero-order valence-electron chi connectivity index (χ0n) is 10.5. The molecule has 100 valence electrons. The van der Waals surface area contributed by atoms with Gasteiger partial charge in [0.2, 0.25) is 10.0 Å². The highest BCUT2D eigenvalue weighted by Gasteiger charge is 2.15. The van der Waals surface area contributed by atoms with Gasteiger partial charge in [-0.05, 0) is 31.0 Å². The second-order valence-electron chi connectivity index (χ2n) is 4.01. The van der Waals surface area contributed by atoms with Crippen LogP contribution in [0.1, 0.15) is 35.7 Å². The van der Waals surface area contributed by atoms with Crippen LogP contribution in [0.4, 0.5) is 0 Å². The number of carbonyl (C=O) groups is 1. The first-order valence-electron chi connectivity index (χ1n) is 5.67. The normalized spacial score (nSPS) is 11.3. The lowest BCUT2D eigenvalue weighted by molar-refractivity contribution is 0.0498. The van der Waals surface area contributed by atoms with Gasteiger partial charge in [0, 0.05) is 0 Å². The molecule has 0 spiro atoms. The smallest absolute Gasteiger partial charge is 0.338 e. The lowest BCUT2D eigenvalue weighted by Gasteiger charge is -2.08. The van der Waals surface area contributed by atoms with Crippen LogP contribution in [0.25, 0.3) is 0 Å². The van der Waals surface area contributed by atoms with Crippen LogP contribution in [0.5, 0.6) is 0 Å². The summed E-state index contributed by atoms with van der Waals surface area (Å²) in [5, 5.41) is 5.02. The van der Waals surface area contributed by atoms with Gasteiger partial charge in [-0.3, -0.25) is 0 Å². The van der Waals surface area contributed by atoms with E-state index in [2.05, 4.69) is 0 Å². The summed E-state index contributed by atoms with van der Waals surface area (Å²) in [7, 11) is -3.81. The molecule has 1 rings (SSSR count). The lowest BCUT2D eigenvalue weighted by Crippen LogP contribution is -2.14. The zero-order chi connectivity index (χ0) is 13.8. The van der Waals surface area contributed by atoms with Gasteiger partial charge in [-0.15, -0.1) is 0 Å². The van der Waals surface area contributed by atoms with Crippen LogP contribution >= 0.6 is 0 Å². The molecule has 18 heavy (non-hydrogen) atoms. The van der Waals surface area contributed by atoms with Crippen molar-refractivity contribution >= 4 is 16.0 Å². The third kappa shape index (κ3) is 3.82. The average molecular weight is 271 g/mol. The largest absolute Gasteiger partial charge is 0.462 e. The molecule has 1 aromatic rings. The van der Waals surface area contributed by atoms with Crippen molar-refractivity contribution in [2.24, 2.45) is 5.14 Å². The van der Waals surface area contributed by atoms with Gasteiger partial charge in [-0.1, -0.05) is 19.4 Å². The van der Waals surface area contributed by atoms with Crippen LogP contribution in [0.15, 0.2) is 23.1 Å². The van der Waals surface area contributed by atoms with Gasteiger partial charge in [0.1, 0.15) is 0 Å². The molecule has 0 fully saturated rings. The third-order valence-electron chi connectivity index (χ3n) is 2.49. The molecule has 0 aromatic heterocycles. The first-order valence-corrected chi connectivity index (χ1v) is 7.21. The Morgan fingerprint density at radius 3 is 2.61 bits per heavy atom. The topological polar surface area (TPSA) is 86.5 Å². The SMILES string of the molecule is CCCCOC(=O)c1cc(S(N)(=O)=O)ccc1C. The average Bonchev–Trinajstić information content (AvgIpc) is 2.28. The van der Waals surface area contributed by atoms with Gasteiger partial charge in [-0.2, -0.15) is 0 Å². The quantitative estimate of drug-likeness (QED) is 0.651. The van der Waals surface area contributed by atoms with E-state index in [0.29, 0.717) is 12.2 Å². The second-order valence-corrected chi connectivity index (χ2v) is 5.57. The van der Waals surface area contributed by atoms with Gasteiger partial charge in [0.25, 0.3) is 0 Å². The van der Waals surface area contributed by atoms with Crippen LogP contribution < -0.4 is 5.14 Å². The minimum Gasteiger partial charge on any atom is -0.462 e. The highest BCUT2D eigenvalue weighted by atomic mass is 32.2. The van der Waals surface area contributed by atoms with Crippen molar-refractivity contribution in [2.75, 3.05) is 6.61 Å². The first-order chi connectivity index (χ1) is 8.36. The van der Waals surface area contributed by atoms with Gasteiger partial charge < -0.3 is 4.74 Å². The van der Waals surface area contributed by atoms with Crippen LogP contribution in [0.2, 0.25) is 0 Å². The maximum Gasteiger partial charge on any atom is 0.338 e. The maximum atomic E-state index is 11.8. The molecule has 0 atom stereocenters. The van der Waals surface area contributed by atoms with Crippen molar-refractivity contribution in [3.8, 4) is 0 Å². The molecule has 0 aliphatic rings. The van der Waals surface area contributed by atoms with Gasteiger partial charge in [0.05, 0.1) is 17.1 Å². The number of ether oxygens (including phenoxy) is 1. The predicted molar refractivity (Wildman–Crippen MR) is 67.7 cm³/mol. The molecule has 0 radical (unpaired) electrons. The molecule has 2 N–H and O–H groups in total. The summed E-state index contributed by atoms with van der Waals surface area (Å²) < 4.78 is 27.5. The number of sulfonamides is 1. The number of benzene rings is 1. The highest BCUT2D eigenvalue weighted by Crippen LogP contribution is 2.15. The predicted octanol–water partition coefficient (Wildman–Crippen LogP) is 1.60. The van der Waals surface area contributed by atoms with Gasteiger partial charge in [0.15, 0.2) is 0 Å². The van der Waals surface area contributed by atoms with Crippen LogP contribution in [0, 0.1) is 6.92 Å². The van der Waals surface area contributed by atoms with E-state index in [1.165, 1.54) is 18.2 Å². The number of hydrogen-bond donors (Lipinski definition) is 1. The standard InChI is InChI=1S/C12H17NO4S/c1-3-4-7-17-12(14)11-8-10(18(13,15)16)6-5-9(11)2/h5-6,8H,3-4,7H2,1-2H3,(H2,13,15,16). The summed E-state index contributed by atoms with van der Waals surface area (Å²) in [5.74, 6) is -0.522. The minimum atomic E-state index is -3.81. The Morgan fingerprint density at radius 1 is 1.39 bits per heavy atom. The van der Waals surface area contributed by atoms with Crippen molar-refractivity contribution in [3.05, 3.63) is 29.3 Å². The molecule has 0 saturated carbocycles. The van der Waals surface area contributed by atoms with E-state index in [9.17, 15) is 13.2 Å². The number of hydrogen-bond acceptors (Lipinski definition) is 4.